The number of hydrogen-bond acceptors (Lipinski definition) is 5. The van der Waals surface area contributed by atoms with E-state index in [4.69, 9.17) is 5.73 Å². The maximum atomic E-state index is 12.1. The Morgan fingerprint density at radius 1 is 1.39 bits per heavy atom. The minimum atomic E-state index is -0.247. The zero-order valence-corrected chi connectivity index (χ0v) is 11.0. The highest BCUT2D eigenvalue weighted by Crippen LogP contribution is 2.22. The number of Topliss-reactive ketones (excluding diaryl/α,β-unsaturated/α-hetero) is 1. The van der Waals surface area contributed by atoms with Crippen LogP contribution in [0.25, 0.3) is 0 Å². The lowest BCUT2D eigenvalue weighted by molar-refractivity contribution is 0.0994. The monoisotopic (exact) mass is 262 g/mol. The molecule has 3 N–H and O–H groups in total. The SMILES string of the molecule is Cc1ccc(C(=O)C(C)Sc2n[nH]c(N)n2)cc1. The number of carbonyl (C=O) groups excluding carboxylic acids is 1. The molecule has 1 aromatic heterocycles. The molecule has 0 bridgehead atoms. The highest BCUT2D eigenvalue weighted by Gasteiger charge is 2.18. The van der Waals surface area contributed by atoms with Gasteiger partial charge in [0.2, 0.25) is 11.1 Å². The summed E-state index contributed by atoms with van der Waals surface area (Å²) in [6.07, 6.45) is 0. The first-order valence-electron chi connectivity index (χ1n) is 5.51. The van der Waals surface area contributed by atoms with Gasteiger partial charge in [-0.05, 0) is 13.8 Å². The minimum Gasteiger partial charge on any atom is -0.368 e. The van der Waals surface area contributed by atoms with Crippen molar-refractivity contribution in [3.63, 3.8) is 0 Å². The third kappa shape index (κ3) is 2.89. The summed E-state index contributed by atoms with van der Waals surface area (Å²) in [5, 5.41) is 6.68. The smallest absolute Gasteiger partial charge is 0.216 e. The molecule has 2 aromatic rings. The summed E-state index contributed by atoms with van der Waals surface area (Å²) in [5.74, 6) is 0.316. The summed E-state index contributed by atoms with van der Waals surface area (Å²) in [4.78, 5) is 16.1. The number of aromatic amines is 1. The third-order valence-corrected chi connectivity index (χ3v) is 3.43. The molecular formula is C12H14N4OS. The topological polar surface area (TPSA) is 84.7 Å². The van der Waals surface area contributed by atoms with Gasteiger partial charge in [0.05, 0.1) is 5.25 Å². The van der Waals surface area contributed by atoms with Crippen LogP contribution in [0.3, 0.4) is 0 Å². The average Bonchev–Trinajstić information content (AvgIpc) is 2.75. The summed E-state index contributed by atoms with van der Waals surface area (Å²) in [7, 11) is 0. The van der Waals surface area contributed by atoms with E-state index in [0.717, 1.165) is 5.56 Å². The number of nitrogen functional groups attached to an aromatic ring is 1. The molecule has 1 aromatic carbocycles. The molecule has 5 nitrogen and oxygen atoms in total. The lowest BCUT2D eigenvalue weighted by Gasteiger charge is -2.07. The number of hydrogen-bond donors (Lipinski definition) is 2. The predicted molar refractivity (Wildman–Crippen MR) is 71.6 cm³/mol. The van der Waals surface area contributed by atoms with Crippen molar-refractivity contribution >= 4 is 23.5 Å². The number of H-pyrrole nitrogens is 1. The number of aromatic nitrogens is 3. The van der Waals surface area contributed by atoms with Gasteiger partial charge in [-0.15, -0.1) is 5.10 Å². The van der Waals surface area contributed by atoms with Gasteiger partial charge in [-0.3, -0.25) is 4.79 Å². The molecule has 2 rings (SSSR count). The Morgan fingerprint density at radius 3 is 2.61 bits per heavy atom. The van der Waals surface area contributed by atoms with Gasteiger partial charge in [-0.25, -0.2) is 5.10 Å². The van der Waals surface area contributed by atoms with Crippen molar-refractivity contribution in [1.82, 2.24) is 15.2 Å². The van der Waals surface area contributed by atoms with Gasteiger partial charge in [0.25, 0.3) is 0 Å². The standard InChI is InChI=1S/C12H14N4OS/c1-7-3-5-9(6-4-7)10(17)8(2)18-12-14-11(13)15-16-12/h3-6,8H,1-2H3,(H3,13,14,15,16). The highest BCUT2D eigenvalue weighted by molar-refractivity contribution is 8.00. The fourth-order valence-corrected chi connectivity index (χ4v) is 2.28. The average molecular weight is 262 g/mol. The normalized spacial score (nSPS) is 12.3. The molecule has 94 valence electrons. The van der Waals surface area contributed by atoms with Gasteiger partial charge in [-0.1, -0.05) is 41.6 Å². The number of nitrogens with two attached hydrogens (primary N) is 1. The van der Waals surface area contributed by atoms with Gasteiger partial charge in [-0.2, -0.15) is 4.98 Å². The molecule has 1 heterocycles. The fraction of sp³-hybridized carbons (Fsp3) is 0.250. The van der Waals surface area contributed by atoms with Crippen molar-refractivity contribution in [1.29, 1.82) is 0 Å². The van der Waals surface area contributed by atoms with E-state index in [2.05, 4.69) is 15.2 Å². The van der Waals surface area contributed by atoms with E-state index in [0.29, 0.717) is 10.7 Å². The van der Waals surface area contributed by atoms with Crippen LogP contribution in [0.4, 0.5) is 5.95 Å². The first-order valence-corrected chi connectivity index (χ1v) is 6.39. The summed E-state index contributed by atoms with van der Waals surface area (Å²) in [6, 6.07) is 7.52. The highest BCUT2D eigenvalue weighted by atomic mass is 32.2. The molecule has 1 atom stereocenters. The predicted octanol–water partition coefficient (Wildman–Crippen LogP) is 2.06. The lowest BCUT2D eigenvalue weighted by Crippen LogP contribution is -2.13. The molecule has 0 spiro atoms. The van der Waals surface area contributed by atoms with Crippen molar-refractivity contribution in [2.45, 2.75) is 24.3 Å². The first-order chi connectivity index (χ1) is 8.56. The van der Waals surface area contributed by atoms with Crippen LogP contribution in [-0.4, -0.2) is 26.2 Å². The van der Waals surface area contributed by atoms with E-state index < -0.39 is 0 Å². The van der Waals surface area contributed by atoms with Crippen LogP contribution in [-0.2, 0) is 0 Å². The maximum Gasteiger partial charge on any atom is 0.216 e. The molecule has 0 amide bonds. The zero-order chi connectivity index (χ0) is 13.1. The Morgan fingerprint density at radius 2 is 2.06 bits per heavy atom. The number of aryl methyl sites for hydroxylation is 1. The van der Waals surface area contributed by atoms with E-state index in [9.17, 15) is 4.79 Å². The second kappa shape index (κ2) is 5.22. The molecule has 0 saturated carbocycles. The molecule has 1 unspecified atom stereocenters. The second-order valence-electron chi connectivity index (χ2n) is 3.99. The van der Waals surface area contributed by atoms with Crippen molar-refractivity contribution in [3.05, 3.63) is 35.4 Å². The van der Waals surface area contributed by atoms with Crippen LogP contribution in [0.2, 0.25) is 0 Å². The van der Waals surface area contributed by atoms with E-state index in [-0.39, 0.29) is 17.0 Å². The Hall–Kier alpha value is -1.82. The van der Waals surface area contributed by atoms with Crippen LogP contribution in [0.1, 0.15) is 22.8 Å². The quantitative estimate of drug-likeness (QED) is 0.650. The van der Waals surface area contributed by atoms with E-state index in [1.165, 1.54) is 11.8 Å². The number of nitrogens with zero attached hydrogens (tertiary/aromatic N) is 2. The van der Waals surface area contributed by atoms with Crippen LogP contribution >= 0.6 is 11.8 Å². The number of carbonyl (C=O) groups is 1. The molecule has 0 aliphatic heterocycles. The third-order valence-electron chi connectivity index (χ3n) is 2.47. The molecule has 0 aliphatic rings. The van der Waals surface area contributed by atoms with Crippen LogP contribution in [0.5, 0.6) is 0 Å². The van der Waals surface area contributed by atoms with Gasteiger partial charge < -0.3 is 5.73 Å². The number of nitrogens with one attached hydrogen (secondary N) is 1. The lowest BCUT2D eigenvalue weighted by atomic mass is 10.1. The van der Waals surface area contributed by atoms with Crippen molar-refractivity contribution in [2.24, 2.45) is 0 Å². The van der Waals surface area contributed by atoms with Crippen LogP contribution in [0.15, 0.2) is 29.4 Å². The molecule has 0 fully saturated rings. The van der Waals surface area contributed by atoms with Gasteiger partial charge in [0.1, 0.15) is 0 Å². The van der Waals surface area contributed by atoms with Crippen molar-refractivity contribution in [3.8, 4) is 0 Å². The van der Waals surface area contributed by atoms with Gasteiger partial charge >= 0.3 is 0 Å². The number of thioether (sulfide) groups is 1. The summed E-state index contributed by atoms with van der Waals surface area (Å²) >= 11 is 1.29. The molecular weight excluding hydrogens is 248 g/mol. The zero-order valence-electron chi connectivity index (χ0n) is 10.2. The Labute approximate surface area is 109 Å². The Kier molecular flexibility index (Phi) is 3.66. The molecule has 0 saturated heterocycles. The summed E-state index contributed by atoms with van der Waals surface area (Å²) in [5.41, 5.74) is 7.26. The van der Waals surface area contributed by atoms with Gasteiger partial charge in [0.15, 0.2) is 5.78 Å². The van der Waals surface area contributed by atoms with Crippen LogP contribution in [0, 0.1) is 6.92 Å². The second-order valence-corrected chi connectivity index (χ2v) is 5.30. The Bertz CT molecular complexity index is 549. The molecule has 6 heteroatoms. The number of anilines is 1. The van der Waals surface area contributed by atoms with E-state index in [1.54, 1.807) is 0 Å². The maximum absolute atomic E-state index is 12.1. The fourth-order valence-electron chi connectivity index (χ4n) is 1.48. The Balaban J connectivity index is 2.07. The number of benzene rings is 1. The first kappa shape index (κ1) is 12.6. The molecule has 0 radical (unpaired) electrons. The largest absolute Gasteiger partial charge is 0.368 e. The molecule has 0 aliphatic carbocycles. The van der Waals surface area contributed by atoms with Crippen LogP contribution < -0.4 is 5.73 Å². The van der Waals surface area contributed by atoms with E-state index >= 15 is 0 Å². The number of rotatable bonds is 4. The summed E-state index contributed by atoms with van der Waals surface area (Å²) in [6.45, 7) is 3.82. The van der Waals surface area contributed by atoms with Gasteiger partial charge in [0, 0.05) is 5.56 Å². The number of ketones is 1. The minimum absolute atomic E-state index is 0.0587. The summed E-state index contributed by atoms with van der Waals surface area (Å²) < 4.78 is 0. The van der Waals surface area contributed by atoms with Crippen molar-refractivity contribution in [2.75, 3.05) is 5.73 Å². The van der Waals surface area contributed by atoms with E-state index in [1.807, 2.05) is 38.1 Å². The van der Waals surface area contributed by atoms with Crippen molar-refractivity contribution < 1.29 is 4.79 Å². The molecule has 18 heavy (non-hydrogen) atoms.